The third kappa shape index (κ3) is 4.40. The van der Waals surface area contributed by atoms with Gasteiger partial charge in [0.25, 0.3) is 5.56 Å². The number of hydrogen-bond acceptors (Lipinski definition) is 4. The summed E-state index contributed by atoms with van der Waals surface area (Å²) >= 11 is 0. The van der Waals surface area contributed by atoms with Crippen molar-refractivity contribution in [2.45, 2.75) is 19.1 Å². The van der Waals surface area contributed by atoms with Gasteiger partial charge in [-0.25, -0.2) is 4.68 Å². The molecule has 0 aliphatic heterocycles. The number of carbonyl (C=O) groups excluding carboxylic acids is 1. The Kier molecular flexibility index (Phi) is 5.32. The first-order chi connectivity index (χ1) is 11.3. The number of carbonyl (C=O) groups is 1. The van der Waals surface area contributed by atoms with E-state index in [4.69, 9.17) is 0 Å². The van der Waals surface area contributed by atoms with Crippen molar-refractivity contribution in [1.29, 1.82) is 0 Å². The number of rotatable bonds is 6. The second kappa shape index (κ2) is 7.24. The van der Waals surface area contributed by atoms with Crippen LogP contribution >= 0.6 is 0 Å². The average Bonchev–Trinajstić information content (AvgIpc) is 2.52. The molecule has 0 saturated carbocycles. The number of amides is 1. The van der Waals surface area contributed by atoms with Crippen LogP contribution < -0.4 is 5.56 Å². The van der Waals surface area contributed by atoms with Gasteiger partial charge in [-0.1, -0.05) is 23.4 Å². The molecule has 0 spiro atoms. The Morgan fingerprint density at radius 2 is 2.04 bits per heavy atom. The van der Waals surface area contributed by atoms with E-state index < -0.39 is 24.2 Å². The topological polar surface area (TPSA) is 68.1 Å². The fourth-order valence-corrected chi connectivity index (χ4v) is 2.16. The molecule has 128 valence electrons. The van der Waals surface area contributed by atoms with Gasteiger partial charge in [0.05, 0.1) is 11.9 Å². The van der Waals surface area contributed by atoms with Crippen LogP contribution in [-0.2, 0) is 11.3 Å². The highest BCUT2D eigenvalue weighted by Crippen LogP contribution is 2.17. The van der Waals surface area contributed by atoms with Crippen molar-refractivity contribution in [3.63, 3.8) is 0 Å². The summed E-state index contributed by atoms with van der Waals surface area (Å²) < 4.78 is 38.4. The lowest BCUT2D eigenvalue weighted by Crippen LogP contribution is -2.40. The van der Waals surface area contributed by atoms with Crippen LogP contribution in [0.5, 0.6) is 0 Å². The van der Waals surface area contributed by atoms with Crippen molar-refractivity contribution in [3.05, 3.63) is 47.3 Å². The zero-order valence-electron chi connectivity index (χ0n) is 12.7. The normalized spacial score (nSPS) is 11.5. The number of hydrogen-bond donors (Lipinski definition) is 0. The van der Waals surface area contributed by atoms with Gasteiger partial charge in [-0.3, -0.25) is 9.59 Å². The minimum Gasteiger partial charge on any atom is -0.330 e. The Bertz CT molecular complexity index is 801. The van der Waals surface area contributed by atoms with Gasteiger partial charge in [-0.05, 0) is 12.1 Å². The van der Waals surface area contributed by atoms with Crippen LogP contribution in [-0.4, -0.2) is 45.1 Å². The molecule has 1 aromatic heterocycles. The molecule has 0 fully saturated rings. The van der Waals surface area contributed by atoms with Crippen LogP contribution in [0.3, 0.4) is 0 Å². The molecule has 2 rings (SSSR count). The van der Waals surface area contributed by atoms with E-state index >= 15 is 0 Å². The summed E-state index contributed by atoms with van der Waals surface area (Å²) in [6, 6.07) is 6.55. The van der Waals surface area contributed by atoms with Crippen LogP contribution in [0.25, 0.3) is 10.9 Å². The molecular weight excluding hydrogens is 325 g/mol. The van der Waals surface area contributed by atoms with Crippen LogP contribution in [0.15, 0.2) is 41.7 Å². The summed E-state index contributed by atoms with van der Waals surface area (Å²) in [5, 5.41) is 7.88. The molecule has 0 aliphatic rings. The zero-order chi connectivity index (χ0) is 17.7. The first-order valence-electron chi connectivity index (χ1n) is 7.10. The van der Waals surface area contributed by atoms with Gasteiger partial charge in [-0.2, -0.15) is 13.2 Å². The number of fused-ring (bicyclic) bond motifs is 1. The third-order valence-electron chi connectivity index (χ3n) is 3.24. The fraction of sp³-hybridized carbons (Fsp3) is 0.333. The maximum Gasteiger partial charge on any atom is 0.406 e. The van der Waals surface area contributed by atoms with Gasteiger partial charge in [0.1, 0.15) is 12.1 Å². The number of halogens is 3. The van der Waals surface area contributed by atoms with Crippen LogP contribution in [0.1, 0.15) is 6.42 Å². The van der Waals surface area contributed by atoms with E-state index in [9.17, 15) is 22.8 Å². The average molecular weight is 340 g/mol. The second-order valence-electron chi connectivity index (χ2n) is 5.06. The van der Waals surface area contributed by atoms with Gasteiger partial charge in [0.2, 0.25) is 5.91 Å². The van der Waals surface area contributed by atoms with Gasteiger partial charge < -0.3 is 4.90 Å². The van der Waals surface area contributed by atoms with Crippen molar-refractivity contribution in [1.82, 2.24) is 19.9 Å². The van der Waals surface area contributed by atoms with Crippen molar-refractivity contribution >= 4 is 16.8 Å². The Labute approximate surface area is 135 Å². The summed E-state index contributed by atoms with van der Waals surface area (Å²) in [6.45, 7) is 1.60. The van der Waals surface area contributed by atoms with Crippen molar-refractivity contribution in [3.8, 4) is 0 Å². The highest BCUT2D eigenvalue weighted by atomic mass is 19.4. The Balaban J connectivity index is 2.11. The van der Waals surface area contributed by atoms with Crippen LogP contribution in [0.4, 0.5) is 13.2 Å². The lowest BCUT2D eigenvalue weighted by atomic mass is 10.2. The van der Waals surface area contributed by atoms with Gasteiger partial charge in [0, 0.05) is 13.0 Å². The summed E-state index contributed by atoms with van der Waals surface area (Å²) in [6.07, 6.45) is -3.58. The molecular formula is C15H15F3N4O2. The van der Waals surface area contributed by atoms with E-state index in [0.717, 1.165) is 4.68 Å². The molecule has 6 nitrogen and oxygen atoms in total. The quantitative estimate of drug-likeness (QED) is 0.752. The third-order valence-corrected chi connectivity index (χ3v) is 3.24. The number of nitrogens with zero attached hydrogens (tertiary/aromatic N) is 4. The maximum atomic E-state index is 12.5. The van der Waals surface area contributed by atoms with E-state index in [1.54, 1.807) is 24.3 Å². The molecule has 0 saturated heterocycles. The first-order valence-corrected chi connectivity index (χ1v) is 7.10. The summed E-state index contributed by atoms with van der Waals surface area (Å²) in [7, 11) is 0. The second-order valence-corrected chi connectivity index (χ2v) is 5.06. The smallest absolute Gasteiger partial charge is 0.330 e. The molecule has 0 aliphatic carbocycles. The van der Waals surface area contributed by atoms with Crippen molar-refractivity contribution in [2.75, 3.05) is 13.1 Å². The van der Waals surface area contributed by atoms with E-state index in [1.165, 1.54) is 6.08 Å². The molecule has 1 aromatic carbocycles. The van der Waals surface area contributed by atoms with E-state index in [0.29, 0.717) is 15.8 Å². The molecule has 1 amide bonds. The van der Waals surface area contributed by atoms with Crippen LogP contribution in [0.2, 0.25) is 0 Å². The molecule has 24 heavy (non-hydrogen) atoms. The molecule has 2 aromatic rings. The Morgan fingerprint density at radius 3 is 2.71 bits per heavy atom. The lowest BCUT2D eigenvalue weighted by molar-refractivity contribution is -0.160. The number of aromatic nitrogens is 3. The summed E-state index contributed by atoms with van der Waals surface area (Å²) in [5.74, 6) is -0.742. The lowest BCUT2D eigenvalue weighted by Gasteiger charge is -2.22. The van der Waals surface area contributed by atoms with E-state index in [1.807, 2.05) is 0 Å². The van der Waals surface area contributed by atoms with Crippen LogP contribution in [0, 0.1) is 0 Å². The minimum atomic E-state index is -4.50. The molecule has 0 bridgehead atoms. The van der Waals surface area contributed by atoms with Crippen molar-refractivity contribution in [2.24, 2.45) is 0 Å². The van der Waals surface area contributed by atoms with Gasteiger partial charge in [0.15, 0.2) is 0 Å². The largest absolute Gasteiger partial charge is 0.406 e. The predicted octanol–water partition coefficient (Wildman–Crippen LogP) is 1.76. The molecule has 0 unspecified atom stereocenters. The summed E-state index contributed by atoms with van der Waals surface area (Å²) in [5.41, 5.74) is -0.0325. The standard InChI is InChI=1S/C15H15F3N4O2/c1-2-8-21(10-15(16,17)18)13(23)7-9-22-14(24)11-5-3-4-6-12(11)19-20-22/h2-6H,1,7-10H2. The first kappa shape index (κ1) is 17.6. The highest BCUT2D eigenvalue weighted by molar-refractivity contribution is 5.77. The summed E-state index contributed by atoms with van der Waals surface area (Å²) in [4.78, 5) is 24.8. The van der Waals surface area contributed by atoms with Gasteiger partial charge in [-0.15, -0.1) is 11.7 Å². The number of alkyl halides is 3. The predicted molar refractivity (Wildman–Crippen MR) is 81.2 cm³/mol. The minimum absolute atomic E-state index is 0.152. The van der Waals surface area contributed by atoms with E-state index in [-0.39, 0.29) is 19.5 Å². The molecule has 9 heteroatoms. The maximum absolute atomic E-state index is 12.5. The molecule has 0 radical (unpaired) electrons. The van der Waals surface area contributed by atoms with Gasteiger partial charge >= 0.3 is 6.18 Å². The zero-order valence-corrected chi connectivity index (χ0v) is 12.7. The van der Waals surface area contributed by atoms with Crippen molar-refractivity contribution < 1.29 is 18.0 Å². The number of aryl methyl sites for hydroxylation is 1. The molecule has 0 N–H and O–H groups in total. The SMILES string of the molecule is C=CCN(CC(F)(F)F)C(=O)CCn1nnc2ccccc2c1=O. The monoisotopic (exact) mass is 340 g/mol. The highest BCUT2D eigenvalue weighted by Gasteiger charge is 2.32. The molecule has 0 atom stereocenters. The van der Waals surface area contributed by atoms with E-state index in [2.05, 4.69) is 16.9 Å². The fourth-order valence-electron chi connectivity index (χ4n) is 2.16. The Morgan fingerprint density at radius 1 is 1.33 bits per heavy atom. The number of benzene rings is 1. The molecule has 1 heterocycles. The Hall–Kier alpha value is -2.71.